The minimum Gasteiger partial charge on any atom is -0.549 e. The predicted octanol–water partition coefficient (Wildman–Crippen LogP) is 5.56. The fourth-order valence-corrected chi connectivity index (χ4v) is 4.21. The SMILES string of the molecule is C/C=C/[C@@H](O)C/C(=C/O[Si](C)(C)C(C)(C)C)C[Si](C)(C)C. The Kier molecular flexibility index (Phi) is 7.67. The number of allylic oxidation sites excluding steroid dienone is 1. The molecule has 0 aromatic heterocycles. The van der Waals surface area contributed by atoms with Gasteiger partial charge in [-0.1, -0.05) is 52.6 Å². The van der Waals surface area contributed by atoms with Gasteiger partial charge in [-0.15, -0.1) is 0 Å². The van der Waals surface area contributed by atoms with Crippen molar-refractivity contribution in [3.05, 3.63) is 24.0 Å². The maximum absolute atomic E-state index is 10.0. The van der Waals surface area contributed by atoms with E-state index in [1.165, 1.54) is 5.57 Å². The molecule has 1 atom stereocenters. The van der Waals surface area contributed by atoms with E-state index >= 15 is 0 Å². The van der Waals surface area contributed by atoms with Gasteiger partial charge < -0.3 is 9.53 Å². The second-order valence-corrected chi connectivity index (χ2v) is 18.9. The summed E-state index contributed by atoms with van der Waals surface area (Å²) >= 11 is 0. The second kappa shape index (κ2) is 7.79. The minimum atomic E-state index is -1.77. The first-order valence-corrected chi connectivity index (χ1v) is 14.6. The van der Waals surface area contributed by atoms with Crippen molar-refractivity contribution in [1.82, 2.24) is 0 Å². The highest BCUT2D eigenvalue weighted by molar-refractivity contribution is 6.76. The van der Waals surface area contributed by atoms with Gasteiger partial charge in [0.2, 0.25) is 8.32 Å². The average molecular weight is 329 g/mol. The van der Waals surface area contributed by atoms with E-state index in [2.05, 4.69) is 53.5 Å². The van der Waals surface area contributed by atoms with Gasteiger partial charge >= 0.3 is 0 Å². The molecule has 0 aliphatic rings. The van der Waals surface area contributed by atoms with Crippen LogP contribution in [-0.4, -0.2) is 27.6 Å². The number of rotatable bonds is 7. The molecule has 0 heterocycles. The third-order valence-electron chi connectivity index (χ3n) is 3.97. The molecular formula is C17H36O2Si2. The Hall–Kier alpha value is -0.326. The molecule has 0 aromatic rings. The molecule has 0 saturated heterocycles. The maximum Gasteiger partial charge on any atom is 0.249 e. The van der Waals surface area contributed by atoms with Crippen LogP contribution in [0, 0.1) is 0 Å². The molecule has 0 rings (SSSR count). The molecule has 0 aromatic carbocycles. The molecule has 21 heavy (non-hydrogen) atoms. The summed E-state index contributed by atoms with van der Waals surface area (Å²) in [6, 6.07) is 1.08. The van der Waals surface area contributed by atoms with Gasteiger partial charge in [-0.2, -0.15) is 0 Å². The van der Waals surface area contributed by atoms with E-state index in [-0.39, 0.29) is 5.04 Å². The Morgan fingerprint density at radius 1 is 1.14 bits per heavy atom. The molecule has 4 heteroatoms. The van der Waals surface area contributed by atoms with Crippen LogP contribution in [-0.2, 0) is 4.43 Å². The molecule has 0 bridgehead atoms. The summed E-state index contributed by atoms with van der Waals surface area (Å²) in [5.41, 5.74) is 1.25. The van der Waals surface area contributed by atoms with Gasteiger partial charge in [-0.05, 0) is 36.7 Å². The number of hydrogen-bond acceptors (Lipinski definition) is 2. The zero-order chi connectivity index (χ0) is 16.9. The molecule has 124 valence electrons. The van der Waals surface area contributed by atoms with Crippen LogP contribution in [0.4, 0.5) is 0 Å². The van der Waals surface area contributed by atoms with Crippen molar-refractivity contribution in [2.45, 2.75) is 84.0 Å². The van der Waals surface area contributed by atoms with Crippen molar-refractivity contribution in [2.24, 2.45) is 0 Å². The monoisotopic (exact) mass is 328 g/mol. The average Bonchev–Trinajstić information content (AvgIpc) is 2.22. The highest BCUT2D eigenvalue weighted by Gasteiger charge is 2.38. The highest BCUT2D eigenvalue weighted by atomic mass is 28.4. The van der Waals surface area contributed by atoms with Crippen molar-refractivity contribution < 1.29 is 9.53 Å². The summed E-state index contributed by atoms with van der Waals surface area (Å²) in [7, 11) is -2.99. The van der Waals surface area contributed by atoms with Crippen molar-refractivity contribution in [3.8, 4) is 0 Å². The van der Waals surface area contributed by atoms with Crippen molar-refractivity contribution in [1.29, 1.82) is 0 Å². The standard InChI is InChI=1S/C17H36O2Si2/c1-10-11-16(18)12-15(14-20(5,6)7)13-19-21(8,9)17(2,3)4/h10-11,13,16,18H,12,14H2,1-9H3/b11-10+,15-13-/t16-/m1/s1. The van der Waals surface area contributed by atoms with Gasteiger partial charge in [0.25, 0.3) is 0 Å². The Labute approximate surface area is 134 Å². The molecule has 0 unspecified atom stereocenters. The van der Waals surface area contributed by atoms with E-state index in [0.717, 1.165) is 6.04 Å². The lowest BCUT2D eigenvalue weighted by atomic mass is 10.1. The Morgan fingerprint density at radius 3 is 2.05 bits per heavy atom. The molecule has 0 radical (unpaired) electrons. The van der Waals surface area contributed by atoms with Crippen LogP contribution in [0.5, 0.6) is 0 Å². The van der Waals surface area contributed by atoms with E-state index in [0.29, 0.717) is 6.42 Å². The maximum atomic E-state index is 10.0. The number of aliphatic hydroxyl groups is 1. The summed E-state index contributed by atoms with van der Waals surface area (Å²) in [6.07, 6.45) is 6.02. The summed E-state index contributed by atoms with van der Waals surface area (Å²) in [5.74, 6) is 0. The summed E-state index contributed by atoms with van der Waals surface area (Å²) in [4.78, 5) is 0. The molecule has 0 aliphatic heterocycles. The van der Waals surface area contributed by atoms with Crippen LogP contribution in [0.1, 0.15) is 34.1 Å². The summed E-state index contributed by atoms with van der Waals surface area (Å²) in [6.45, 7) is 20.3. The molecule has 0 amide bonds. The molecule has 0 saturated carbocycles. The van der Waals surface area contributed by atoms with Crippen LogP contribution in [0.2, 0.25) is 43.8 Å². The predicted molar refractivity (Wildman–Crippen MR) is 100.0 cm³/mol. The smallest absolute Gasteiger partial charge is 0.249 e. The molecule has 1 N–H and O–H groups in total. The molecule has 2 nitrogen and oxygen atoms in total. The zero-order valence-electron chi connectivity index (χ0n) is 15.6. The molecule has 0 aliphatic carbocycles. The van der Waals surface area contributed by atoms with E-state index in [9.17, 15) is 5.11 Å². The Bertz CT molecular complexity index is 371. The summed E-state index contributed by atoms with van der Waals surface area (Å²) < 4.78 is 6.24. The lowest BCUT2D eigenvalue weighted by molar-refractivity contribution is 0.222. The highest BCUT2D eigenvalue weighted by Crippen LogP contribution is 2.37. The molecular weight excluding hydrogens is 292 g/mol. The third kappa shape index (κ3) is 8.64. The number of hydrogen-bond donors (Lipinski definition) is 1. The summed E-state index contributed by atoms with van der Waals surface area (Å²) in [5, 5.41) is 10.3. The first kappa shape index (κ1) is 20.7. The van der Waals surface area contributed by atoms with E-state index < -0.39 is 22.5 Å². The third-order valence-corrected chi connectivity index (χ3v) is 9.80. The zero-order valence-corrected chi connectivity index (χ0v) is 17.6. The Balaban J connectivity index is 5.08. The van der Waals surface area contributed by atoms with E-state index in [4.69, 9.17) is 4.43 Å². The van der Waals surface area contributed by atoms with Crippen LogP contribution in [0.15, 0.2) is 24.0 Å². The fourth-order valence-electron chi connectivity index (χ4n) is 1.81. The van der Waals surface area contributed by atoms with E-state index in [1.54, 1.807) is 0 Å². The van der Waals surface area contributed by atoms with Gasteiger partial charge in [0.05, 0.1) is 12.4 Å². The van der Waals surface area contributed by atoms with Crippen LogP contribution >= 0.6 is 0 Å². The molecule has 0 spiro atoms. The largest absolute Gasteiger partial charge is 0.549 e. The van der Waals surface area contributed by atoms with Crippen molar-refractivity contribution >= 4 is 16.4 Å². The van der Waals surface area contributed by atoms with Crippen LogP contribution in [0.25, 0.3) is 0 Å². The topological polar surface area (TPSA) is 29.5 Å². The van der Waals surface area contributed by atoms with Gasteiger partial charge in [-0.3, -0.25) is 0 Å². The van der Waals surface area contributed by atoms with Gasteiger partial charge in [0.1, 0.15) is 0 Å². The lowest BCUT2D eigenvalue weighted by Gasteiger charge is -2.35. The lowest BCUT2D eigenvalue weighted by Crippen LogP contribution is -2.39. The van der Waals surface area contributed by atoms with E-state index in [1.807, 2.05) is 25.3 Å². The number of aliphatic hydroxyl groups excluding tert-OH is 1. The van der Waals surface area contributed by atoms with Gasteiger partial charge in [0, 0.05) is 14.5 Å². The van der Waals surface area contributed by atoms with Crippen molar-refractivity contribution in [3.63, 3.8) is 0 Å². The minimum absolute atomic E-state index is 0.204. The normalized spacial score (nSPS) is 16.4. The van der Waals surface area contributed by atoms with Crippen LogP contribution in [0.3, 0.4) is 0 Å². The van der Waals surface area contributed by atoms with Crippen molar-refractivity contribution in [2.75, 3.05) is 0 Å². The first-order valence-electron chi connectivity index (χ1n) is 7.95. The van der Waals surface area contributed by atoms with Crippen LogP contribution < -0.4 is 0 Å². The first-order chi connectivity index (χ1) is 9.28. The van der Waals surface area contributed by atoms with Gasteiger partial charge in [-0.25, -0.2) is 0 Å². The second-order valence-electron chi connectivity index (χ2n) is 8.69. The quantitative estimate of drug-likeness (QED) is 0.377. The fraction of sp³-hybridized carbons (Fsp3) is 0.765. The Morgan fingerprint density at radius 2 is 1.67 bits per heavy atom. The van der Waals surface area contributed by atoms with Gasteiger partial charge in [0.15, 0.2) is 0 Å². The molecule has 0 fully saturated rings.